The SMILES string of the molecule is Cc1ccc(S(=O)(=O)Nc2ccccc2C(=O)NCCSC(C)(C)C)cc1. The van der Waals surface area contributed by atoms with Gasteiger partial charge in [-0.05, 0) is 31.2 Å². The first-order valence-corrected chi connectivity index (χ1v) is 11.2. The van der Waals surface area contributed by atoms with Crippen molar-refractivity contribution in [3.05, 3.63) is 59.7 Å². The summed E-state index contributed by atoms with van der Waals surface area (Å²) in [7, 11) is -3.76. The Balaban J connectivity index is 2.10. The number of hydrogen-bond acceptors (Lipinski definition) is 4. The van der Waals surface area contributed by atoms with Crippen LogP contribution in [0.2, 0.25) is 0 Å². The Kier molecular flexibility index (Phi) is 6.95. The topological polar surface area (TPSA) is 75.3 Å². The van der Waals surface area contributed by atoms with Crippen LogP contribution in [0.15, 0.2) is 53.4 Å². The van der Waals surface area contributed by atoms with Crippen LogP contribution >= 0.6 is 11.8 Å². The molecule has 0 aliphatic carbocycles. The molecular weight excluding hydrogens is 380 g/mol. The van der Waals surface area contributed by atoms with E-state index in [9.17, 15) is 13.2 Å². The van der Waals surface area contributed by atoms with Gasteiger partial charge < -0.3 is 5.32 Å². The fourth-order valence-corrected chi connectivity index (χ4v) is 4.20. The summed E-state index contributed by atoms with van der Waals surface area (Å²) in [5.41, 5.74) is 1.54. The highest BCUT2D eigenvalue weighted by atomic mass is 32.2. The summed E-state index contributed by atoms with van der Waals surface area (Å²) in [6.45, 7) is 8.76. The molecular formula is C20H26N2O3S2. The van der Waals surface area contributed by atoms with E-state index in [1.165, 1.54) is 0 Å². The average Bonchev–Trinajstić information content (AvgIpc) is 2.58. The number of sulfonamides is 1. The normalized spacial score (nSPS) is 11.9. The minimum absolute atomic E-state index is 0.131. The maximum atomic E-state index is 12.6. The summed E-state index contributed by atoms with van der Waals surface area (Å²) in [4.78, 5) is 12.7. The molecule has 2 aromatic carbocycles. The number of rotatable bonds is 7. The number of nitrogens with one attached hydrogen (secondary N) is 2. The Morgan fingerprint density at radius 1 is 1.04 bits per heavy atom. The molecule has 0 unspecified atom stereocenters. The van der Waals surface area contributed by atoms with Gasteiger partial charge in [-0.3, -0.25) is 9.52 Å². The van der Waals surface area contributed by atoms with Gasteiger partial charge in [-0.2, -0.15) is 11.8 Å². The van der Waals surface area contributed by atoms with Crippen molar-refractivity contribution < 1.29 is 13.2 Å². The molecule has 1 amide bonds. The molecule has 0 atom stereocenters. The molecule has 5 nitrogen and oxygen atoms in total. The van der Waals surface area contributed by atoms with Gasteiger partial charge in [-0.15, -0.1) is 0 Å². The highest BCUT2D eigenvalue weighted by Crippen LogP contribution is 2.23. The minimum Gasteiger partial charge on any atom is -0.351 e. The Morgan fingerprint density at radius 2 is 1.67 bits per heavy atom. The Hall–Kier alpha value is -1.99. The molecule has 2 aromatic rings. The van der Waals surface area contributed by atoms with E-state index in [1.54, 1.807) is 60.3 Å². The molecule has 2 N–H and O–H groups in total. The van der Waals surface area contributed by atoms with Crippen LogP contribution in [0.4, 0.5) is 5.69 Å². The molecule has 7 heteroatoms. The third-order valence-electron chi connectivity index (χ3n) is 3.67. The van der Waals surface area contributed by atoms with Gasteiger partial charge in [0.05, 0.1) is 16.1 Å². The Morgan fingerprint density at radius 3 is 2.30 bits per heavy atom. The molecule has 0 aliphatic rings. The molecule has 0 fully saturated rings. The molecule has 0 aromatic heterocycles. The van der Waals surface area contributed by atoms with Crippen molar-refractivity contribution >= 4 is 33.4 Å². The molecule has 0 heterocycles. The van der Waals surface area contributed by atoms with E-state index in [-0.39, 0.29) is 21.2 Å². The molecule has 0 spiro atoms. The standard InChI is InChI=1S/C20H26N2O3S2/c1-15-9-11-16(12-10-15)27(24,25)22-18-8-6-5-7-17(18)19(23)21-13-14-26-20(2,3)4/h5-12,22H,13-14H2,1-4H3,(H,21,23). The first kappa shape index (κ1) is 21.3. The van der Waals surface area contributed by atoms with Gasteiger partial charge in [0, 0.05) is 17.0 Å². The molecule has 2 rings (SSSR count). The summed E-state index contributed by atoms with van der Waals surface area (Å²) in [5, 5.41) is 2.85. The van der Waals surface area contributed by atoms with Gasteiger partial charge in [0.1, 0.15) is 0 Å². The number of carbonyl (C=O) groups excluding carboxylic acids is 1. The van der Waals surface area contributed by atoms with Crippen LogP contribution in [-0.2, 0) is 10.0 Å². The van der Waals surface area contributed by atoms with Gasteiger partial charge >= 0.3 is 0 Å². The van der Waals surface area contributed by atoms with Crippen LogP contribution in [0.5, 0.6) is 0 Å². The average molecular weight is 407 g/mol. The van der Waals surface area contributed by atoms with Crippen LogP contribution < -0.4 is 10.0 Å². The predicted octanol–water partition coefficient (Wildman–Crippen LogP) is 4.06. The number of anilines is 1. The van der Waals surface area contributed by atoms with Crippen LogP contribution in [-0.4, -0.2) is 31.4 Å². The largest absolute Gasteiger partial charge is 0.351 e. The maximum absolute atomic E-state index is 12.6. The lowest BCUT2D eigenvalue weighted by atomic mass is 10.2. The second-order valence-electron chi connectivity index (χ2n) is 7.18. The summed E-state index contributed by atoms with van der Waals surface area (Å²) in [6.07, 6.45) is 0. The number of benzene rings is 2. The number of aryl methyl sites for hydroxylation is 1. The van der Waals surface area contributed by atoms with E-state index >= 15 is 0 Å². The van der Waals surface area contributed by atoms with Crippen LogP contribution in [0.3, 0.4) is 0 Å². The summed E-state index contributed by atoms with van der Waals surface area (Å²) in [6, 6.07) is 13.2. The Bertz CT molecular complexity index is 886. The molecule has 0 bridgehead atoms. The highest BCUT2D eigenvalue weighted by molar-refractivity contribution is 8.00. The number of amides is 1. The fraction of sp³-hybridized carbons (Fsp3) is 0.350. The van der Waals surface area contributed by atoms with E-state index in [0.29, 0.717) is 12.1 Å². The lowest BCUT2D eigenvalue weighted by Gasteiger charge is -2.18. The number of carbonyl (C=O) groups is 1. The summed E-state index contributed by atoms with van der Waals surface area (Å²) >= 11 is 1.76. The lowest BCUT2D eigenvalue weighted by molar-refractivity contribution is 0.0957. The van der Waals surface area contributed by atoms with Crippen LogP contribution in [0.1, 0.15) is 36.7 Å². The van der Waals surface area contributed by atoms with Gasteiger partial charge in [0.25, 0.3) is 15.9 Å². The fourth-order valence-electron chi connectivity index (χ4n) is 2.31. The minimum atomic E-state index is -3.76. The van der Waals surface area contributed by atoms with Gasteiger partial charge in [0.15, 0.2) is 0 Å². The van der Waals surface area contributed by atoms with Gasteiger partial charge in [0.2, 0.25) is 0 Å². The third-order valence-corrected chi connectivity index (χ3v) is 6.33. The zero-order valence-electron chi connectivity index (χ0n) is 16.1. The molecule has 0 saturated carbocycles. The third kappa shape index (κ3) is 6.59. The van der Waals surface area contributed by atoms with Gasteiger partial charge in [-0.1, -0.05) is 50.6 Å². The van der Waals surface area contributed by atoms with Crippen molar-refractivity contribution in [3.8, 4) is 0 Å². The molecule has 0 radical (unpaired) electrons. The zero-order chi connectivity index (χ0) is 20.1. The van der Waals surface area contributed by atoms with E-state index in [4.69, 9.17) is 0 Å². The molecule has 146 valence electrons. The van der Waals surface area contributed by atoms with E-state index in [0.717, 1.165) is 11.3 Å². The predicted molar refractivity (Wildman–Crippen MR) is 113 cm³/mol. The smallest absolute Gasteiger partial charge is 0.261 e. The molecule has 0 saturated heterocycles. The molecule has 0 aliphatic heterocycles. The summed E-state index contributed by atoms with van der Waals surface area (Å²) < 4.78 is 27.9. The number of para-hydroxylation sites is 1. The summed E-state index contributed by atoms with van der Waals surface area (Å²) in [5.74, 6) is 0.485. The second kappa shape index (κ2) is 8.80. The number of thioether (sulfide) groups is 1. The van der Waals surface area contributed by atoms with Crippen LogP contribution in [0, 0.1) is 6.92 Å². The molecule has 27 heavy (non-hydrogen) atoms. The first-order chi connectivity index (χ1) is 12.6. The Labute approximate surface area is 166 Å². The highest BCUT2D eigenvalue weighted by Gasteiger charge is 2.18. The monoisotopic (exact) mass is 406 g/mol. The van der Waals surface area contributed by atoms with E-state index < -0.39 is 10.0 Å². The van der Waals surface area contributed by atoms with Crippen molar-refractivity contribution in [3.63, 3.8) is 0 Å². The van der Waals surface area contributed by atoms with Crippen molar-refractivity contribution in [2.45, 2.75) is 37.3 Å². The quantitative estimate of drug-likeness (QED) is 0.680. The number of hydrogen-bond donors (Lipinski definition) is 2. The zero-order valence-corrected chi connectivity index (χ0v) is 17.7. The second-order valence-corrected chi connectivity index (χ2v) is 10.8. The lowest BCUT2D eigenvalue weighted by Crippen LogP contribution is -2.28. The maximum Gasteiger partial charge on any atom is 0.261 e. The first-order valence-electron chi connectivity index (χ1n) is 8.69. The van der Waals surface area contributed by atoms with Crippen LogP contribution in [0.25, 0.3) is 0 Å². The van der Waals surface area contributed by atoms with Crippen molar-refractivity contribution in [2.24, 2.45) is 0 Å². The van der Waals surface area contributed by atoms with E-state index in [1.807, 2.05) is 6.92 Å². The van der Waals surface area contributed by atoms with E-state index in [2.05, 4.69) is 30.8 Å². The van der Waals surface area contributed by atoms with Crippen molar-refractivity contribution in [2.75, 3.05) is 17.0 Å². The van der Waals surface area contributed by atoms with Crippen molar-refractivity contribution in [1.82, 2.24) is 5.32 Å². The van der Waals surface area contributed by atoms with Crippen molar-refractivity contribution in [1.29, 1.82) is 0 Å². The van der Waals surface area contributed by atoms with Gasteiger partial charge in [-0.25, -0.2) is 8.42 Å².